The van der Waals surface area contributed by atoms with Gasteiger partial charge in [0.1, 0.15) is 11.6 Å². The van der Waals surface area contributed by atoms with E-state index >= 15 is 0 Å². The Kier molecular flexibility index (Phi) is 4.55. The van der Waals surface area contributed by atoms with Gasteiger partial charge in [-0.3, -0.25) is 0 Å². The third kappa shape index (κ3) is 2.75. The van der Waals surface area contributed by atoms with Crippen molar-refractivity contribution in [2.45, 2.75) is 6.42 Å². The van der Waals surface area contributed by atoms with E-state index in [2.05, 4.69) is 10.6 Å². The molecular formula is C16H15BrFNO. The molecule has 0 bridgehead atoms. The maximum Gasteiger partial charge on any atom is 0.208 e. The lowest BCUT2D eigenvalue weighted by Crippen LogP contribution is -3.00. The van der Waals surface area contributed by atoms with Crippen molar-refractivity contribution in [1.29, 1.82) is 0 Å². The molecule has 0 fully saturated rings. The molecule has 1 aliphatic rings. The zero-order valence-electron chi connectivity index (χ0n) is 11.1. The van der Waals surface area contributed by atoms with Gasteiger partial charge in [0.05, 0.1) is 12.7 Å². The molecule has 3 rings (SSSR count). The van der Waals surface area contributed by atoms with Gasteiger partial charge >= 0.3 is 0 Å². The molecule has 1 heterocycles. The summed E-state index contributed by atoms with van der Waals surface area (Å²) in [6, 6.07) is 12.7. The van der Waals surface area contributed by atoms with Crippen LogP contribution in [0.1, 0.15) is 11.1 Å². The second-order valence-corrected chi connectivity index (χ2v) is 4.59. The van der Waals surface area contributed by atoms with E-state index < -0.39 is 0 Å². The van der Waals surface area contributed by atoms with Crippen LogP contribution >= 0.6 is 0 Å². The van der Waals surface area contributed by atoms with Crippen LogP contribution < -0.4 is 21.7 Å². The number of nitrogens with zero attached hydrogens (tertiary/aromatic N) is 1. The van der Waals surface area contributed by atoms with Gasteiger partial charge in [-0.1, -0.05) is 18.2 Å². The lowest BCUT2D eigenvalue weighted by molar-refractivity contribution is -0.436. The van der Waals surface area contributed by atoms with Gasteiger partial charge < -0.3 is 21.7 Å². The molecule has 0 saturated heterocycles. The highest BCUT2D eigenvalue weighted by Crippen LogP contribution is 2.25. The highest BCUT2D eigenvalue weighted by Gasteiger charge is 2.20. The SMILES string of the molecule is COc1cccc2c1C=[N+](c1cccc(F)c1)CC2.[Br-]. The Morgan fingerprint density at radius 2 is 1.95 bits per heavy atom. The first-order valence-corrected chi connectivity index (χ1v) is 6.31. The van der Waals surface area contributed by atoms with Crippen LogP contribution in [0.2, 0.25) is 0 Å². The molecule has 0 saturated carbocycles. The molecule has 0 aliphatic carbocycles. The summed E-state index contributed by atoms with van der Waals surface area (Å²) in [5.74, 6) is 0.648. The van der Waals surface area contributed by atoms with Crippen LogP contribution in [-0.2, 0) is 6.42 Å². The fraction of sp³-hybridized carbons (Fsp3) is 0.188. The molecule has 2 nitrogen and oxygen atoms in total. The predicted molar refractivity (Wildman–Crippen MR) is 73.1 cm³/mol. The lowest BCUT2D eigenvalue weighted by Gasteiger charge is -2.14. The first kappa shape index (κ1) is 14.7. The summed E-state index contributed by atoms with van der Waals surface area (Å²) in [5, 5.41) is 0. The van der Waals surface area contributed by atoms with E-state index in [9.17, 15) is 4.39 Å². The van der Waals surface area contributed by atoms with Crippen LogP contribution in [0.3, 0.4) is 0 Å². The second-order valence-electron chi connectivity index (χ2n) is 4.59. The summed E-state index contributed by atoms with van der Waals surface area (Å²) in [4.78, 5) is 0. The molecule has 20 heavy (non-hydrogen) atoms. The number of rotatable bonds is 2. The lowest BCUT2D eigenvalue weighted by atomic mass is 10.0. The van der Waals surface area contributed by atoms with E-state index in [1.807, 2.05) is 24.4 Å². The predicted octanol–water partition coefficient (Wildman–Crippen LogP) is 0.157. The Labute approximate surface area is 128 Å². The summed E-state index contributed by atoms with van der Waals surface area (Å²) in [6.45, 7) is 0.851. The quantitative estimate of drug-likeness (QED) is 0.712. The Bertz CT molecular complexity index is 655. The first-order valence-electron chi connectivity index (χ1n) is 6.31. The van der Waals surface area contributed by atoms with Crippen LogP contribution in [0.4, 0.5) is 10.1 Å². The van der Waals surface area contributed by atoms with E-state index in [0.29, 0.717) is 0 Å². The molecule has 0 amide bonds. The first-order chi connectivity index (χ1) is 9.28. The fourth-order valence-electron chi connectivity index (χ4n) is 2.45. The van der Waals surface area contributed by atoms with Crippen molar-refractivity contribution in [2.24, 2.45) is 0 Å². The van der Waals surface area contributed by atoms with Gasteiger partial charge in [-0.05, 0) is 17.7 Å². The Balaban J connectivity index is 0.00000147. The Morgan fingerprint density at radius 3 is 2.70 bits per heavy atom. The number of halogens is 2. The van der Waals surface area contributed by atoms with E-state index in [-0.39, 0.29) is 22.8 Å². The minimum absolute atomic E-state index is 0. The average molecular weight is 336 g/mol. The number of methoxy groups -OCH3 is 1. The smallest absolute Gasteiger partial charge is 0.208 e. The topological polar surface area (TPSA) is 12.2 Å². The van der Waals surface area contributed by atoms with Gasteiger partial charge in [-0.15, -0.1) is 0 Å². The maximum absolute atomic E-state index is 13.3. The van der Waals surface area contributed by atoms with Crippen molar-refractivity contribution >= 4 is 11.9 Å². The van der Waals surface area contributed by atoms with Crippen molar-refractivity contribution in [2.75, 3.05) is 13.7 Å². The molecule has 0 spiro atoms. The van der Waals surface area contributed by atoms with Gasteiger partial charge in [-0.2, -0.15) is 4.58 Å². The largest absolute Gasteiger partial charge is 1.00 e. The van der Waals surface area contributed by atoms with Gasteiger partial charge in [0.25, 0.3) is 0 Å². The molecule has 2 aromatic carbocycles. The summed E-state index contributed by atoms with van der Waals surface area (Å²) in [5.41, 5.74) is 3.23. The van der Waals surface area contributed by atoms with Gasteiger partial charge in [0.15, 0.2) is 12.8 Å². The van der Waals surface area contributed by atoms with Crippen LogP contribution in [-0.4, -0.2) is 24.4 Å². The third-order valence-electron chi connectivity index (χ3n) is 3.42. The van der Waals surface area contributed by atoms with Crippen molar-refractivity contribution < 1.29 is 30.7 Å². The normalized spacial score (nSPS) is 13.0. The van der Waals surface area contributed by atoms with Gasteiger partial charge in [-0.25, -0.2) is 4.39 Å². The van der Waals surface area contributed by atoms with Crippen molar-refractivity contribution in [3.63, 3.8) is 0 Å². The average Bonchev–Trinajstić information content (AvgIpc) is 2.46. The summed E-state index contributed by atoms with van der Waals surface area (Å²) in [6.07, 6.45) is 2.96. The number of benzene rings is 2. The summed E-state index contributed by atoms with van der Waals surface area (Å²) >= 11 is 0. The molecule has 0 atom stereocenters. The summed E-state index contributed by atoms with van der Waals surface area (Å²) < 4.78 is 20.8. The molecule has 0 unspecified atom stereocenters. The van der Waals surface area contributed by atoms with Crippen LogP contribution in [0.15, 0.2) is 42.5 Å². The zero-order valence-corrected chi connectivity index (χ0v) is 12.7. The monoisotopic (exact) mass is 335 g/mol. The second kappa shape index (κ2) is 6.18. The molecule has 4 heteroatoms. The Morgan fingerprint density at radius 1 is 1.15 bits per heavy atom. The molecule has 104 valence electrons. The number of hydrogen-bond donors (Lipinski definition) is 0. The number of fused-ring (bicyclic) bond motifs is 1. The number of hydrogen-bond acceptors (Lipinski definition) is 1. The fourth-order valence-corrected chi connectivity index (χ4v) is 2.45. The van der Waals surface area contributed by atoms with E-state index in [0.717, 1.165) is 30.0 Å². The van der Waals surface area contributed by atoms with Gasteiger partial charge in [0.2, 0.25) is 5.69 Å². The molecule has 0 aromatic heterocycles. The zero-order chi connectivity index (χ0) is 13.2. The highest BCUT2D eigenvalue weighted by molar-refractivity contribution is 5.83. The molecular weight excluding hydrogens is 321 g/mol. The van der Waals surface area contributed by atoms with E-state index in [1.165, 1.54) is 11.6 Å². The Hall–Kier alpha value is -1.68. The molecule has 0 radical (unpaired) electrons. The van der Waals surface area contributed by atoms with Crippen molar-refractivity contribution in [3.8, 4) is 5.75 Å². The number of ether oxygens (including phenoxy) is 1. The summed E-state index contributed by atoms with van der Waals surface area (Å²) in [7, 11) is 1.67. The van der Waals surface area contributed by atoms with Crippen LogP contribution in [0, 0.1) is 5.82 Å². The minimum Gasteiger partial charge on any atom is -1.00 e. The minimum atomic E-state index is -0.211. The highest BCUT2D eigenvalue weighted by atomic mass is 79.9. The molecule has 1 aliphatic heterocycles. The van der Waals surface area contributed by atoms with Crippen molar-refractivity contribution in [1.82, 2.24) is 0 Å². The molecule has 0 N–H and O–H groups in total. The maximum atomic E-state index is 13.3. The van der Waals surface area contributed by atoms with E-state index in [4.69, 9.17) is 4.74 Å². The van der Waals surface area contributed by atoms with E-state index in [1.54, 1.807) is 19.2 Å². The molecule has 2 aromatic rings. The standard InChI is InChI=1S/C16H15FNO.BrH/c1-19-16-7-2-4-12-8-9-18(11-15(12)16)14-6-3-5-13(17)10-14;/h2-7,10-11H,8-9H2,1H3;1H/q+1;/p-1. The van der Waals surface area contributed by atoms with Gasteiger partial charge in [0, 0.05) is 18.6 Å². The van der Waals surface area contributed by atoms with Crippen molar-refractivity contribution in [3.05, 3.63) is 59.4 Å². The van der Waals surface area contributed by atoms with Crippen LogP contribution in [0.5, 0.6) is 5.75 Å². The third-order valence-corrected chi connectivity index (χ3v) is 3.42. The van der Waals surface area contributed by atoms with Crippen LogP contribution in [0.25, 0.3) is 0 Å².